The number of aliphatic hydroxyl groups is 1. The normalized spacial score (nSPS) is 28.8. The highest BCUT2D eigenvalue weighted by molar-refractivity contribution is 5.75. The van der Waals surface area contributed by atoms with Crippen molar-refractivity contribution in [3.8, 4) is 0 Å². The SMILES string of the molecule is C=C[C@@H]1COC(O)C[C@@H]1CCOC(=O)C(C)(C)C. The quantitative estimate of drug-likeness (QED) is 0.618. The van der Waals surface area contributed by atoms with Crippen molar-refractivity contribution < 1.29 is 19.4 Å². The highest BCUT2D eigenvalue weighted by Crippen LogP contribution is 2.28. The van der Waals surface area contributed by atoms with Crippen molar-refractivity contribution >= 4 is 5.97 Å². The molecule has 0 aromatic heterocycles. The van der Waals surface area contributed by atoms with Gasteiger partial charge in [-0.25, -0.2) is 0 Å². The molecule has 0 spiro atoms. The third-order valence-corrected chi connectivity index (χ3v) is 3.23. The summed E-state index contributed by atoms with van der Waals surface area (Å²) in [5.41, 5.74) is -0.465. The summed E-state index contributed by atoms with van der Waals surface area (Å²) >= 11 is 0. The molecule has 1 N–H and O–H groups in total. The van der Waals surface area contributed by atoms with Gasteiger partial charge in [-0.15, -0.1) is 6.58 Å². The van der Waals surface area contributed by atoms with Crippen LogP contribution in [0.5, 0.6) is 0 Å². The van der Waals surface area contributed by atoms with Gasteiger partial charge in [0.25, 0.3) is 0 Å². The zero-order valence-electron chi connectivity index (χ0n) is 11.5. The smallest absolute Gasteiger partial charge is 0.311 e. The topological polar surface area (TPSA) is 55.8 Å². The Bertz CT molecular complexity index is 293. The Kier molecular flexibility index (Phi) is 5.35. The first-order chi connectivity index (χ1) is 8.34. The maximum absolute atomic E-state index is 11.6. The monoisotopic (exact) mass is 256 g/mol. The summed E-state index contributed by atoms with van der Waals surface area (Å²) in [6.45, 7) is 10.1. The fourth-order valence-corrected chi connectivity index (χ4v) is 1.97. The van der Waals surface area contributed by atoms with Crippen LogP contribution < -0.4 is 0 Å². The number of esters is 1. The molecule has 0 aromatic rings. The van der Waals surface area contributed by atoms with Gasteiger partial charge in [-0.2, -0.15) is 0 Å². The molecule has 0 aliphatic carbocycles. The first-order valence-corrected chi connectivity index (χ1v) is 6.44. The molecule has 1 rings (SSSR count). The van der Waals surface area contributed by atoms with Crippen LogP contribution in [0.15, 0.2) is 12.7 Å². The zero-order chi connectivity index (χ0) is 13.8. The summed E-state index contributed by atoms with van der Waals surface area (Å²) in [7, 11) is 0. The van der Waals surface area contributed by atoms with E-state index in [0.717, 1.165) is 6.42 Å². The van der Waals surface area contributed by atoms with E-state index in [4.69, 9.17) is 9.47 Å². The van der Waals surface area contributed by atoms with Crippen LogP contribution in [0.4, 0.5) is 0 Å². The van der Waals surface area contributed by atoms with E-state index in [1.807, 2.05) is 26.8 Å². The fourth-order valence-electron chi connectivity index (χ4n) is 1.97. The Morgan fingerprint density at radius 3 is 2.78 bits per heavy atom. The molecule has 1 aliphatic heterocycles. The molecule has 1 unspecified atom stereocenters. The van der Waals surface area contributed by atoms with Crippen LogP contribution in [-0.2, 0) is 14.3 Å². The van der Waals surface area contributed by atoms with E-state index >= 15 is 0 Å². The van der Waals surface area contributed by atoms with Crippen molar-refractivity contribution in [2.75, 3.05) is 13.2 Å². The van der Waals surface area contributed by atoms with Crippen molar-refractivity contribution in [3.05, 3.63) is 12.7 Å². The molecular weight excluding hydrogens is 232 g/mol. The summed E-state index contributed by atoms with van der Waals surface area (Å²) in [5, 5.41) is 9.47. The zero-order valence-corrected chi connectivity index (χ0v) is 11.5. The number of ether oxygens (including phenoxy) is 2. The van der Waals surface area contributed by atoms with Crippen molar-refractivity contribution in [1.29, 1.82) is 0 Å². The van der Waals surface area contributed by atoms with E-state index in [-0.39, 0.29) is 17.8 Å². The van der Waals surface area contributed by atoms with Crippen molar-refractivity contribution in [2.45, 2.75) is 39.9 Å². The van der Waals surface area contributed by atoms with Gasteiger partial charge in [0.2, 0.25) is 0 Å². The summed E-state index contributed by atoms with van der Waals surface area (Å²) in [6.07, 6.45) is 2.45. The Morgan fingerprint density at radius 2 is 2.22 bits per heavy atom. The lowest BCUT2D eigenvalue weighted by Gasteiger charge is -2.32. The van der Waals surface area contributed by atoms with Crippen molar-refractivity contribution in [1.82, 2.24) is 0 Å². The molecular formula is C14H24O4. The third kappa shape index (κ3) is 4.42. The van der Waals surface area contributed by atoms with E-state index in [1.54, 1.807) is 0 Å². The van der Waals surface area contributed by atoms with E-state index in [2.05, 4.69) is 6.58 Å². The van der Waals surface area contributed by atoms with Gasteiger partial charge in [0.1, 0.15) is 0 Å². The Labute approximate surface area is 109 Å². The fraction of sp³-hybridized carbons (Fsp3) is 0.786. The molecule has 3 atom stereocenters. The van der Waals surface area contributed by atoms with Crippen LogP contribution in [0.25, 0.3) is 0 Å². The Hall–Kier alpha value is -0.870. The van der Waals surface area contributed by atoms with Crippen LogP contribution in [0.2, 0.25) is 0 Å². The second kappa shape index (κ2) is 6.34. The molecule has 0 bridgehead atoms. The highest BCUT2D eigenvalue weighted by atomic mass is 16.6. The van der Waals surface area contributed by atoms with Gasteiger partial charge in [-0.1, -0.05) is 6.08 Å². The number of aliphatic hydroxyl groups excluding tert-OH is 1. The molecule has 1 heterocycles. The van der Waals surface area contributed by atoms with Gasteiger partial charge >= 0.3 is 5.97 Å². The Morgan fingerprint density at radius 1 is 1.56 bits per heavy atom. The predicted molar refractivity (Wildman–Crippen MR) is 68.8 cm³/mol. The number of hydrogen-bond acceptors (Lipinski definition) is 4. The molecule has 1 saturated heterocycles. The second-order valence-corrected chi connectivity index (χ2v) is 5.86. The van der Waals surface area contributed by atoms with Crippen molar-refractivity contribution in [2.24, 2.45) is 17.3 Å². The summed E-state index contributed by atoms with van der Waals surface area (Å²) in [6, 6.07) is 0. The maximum atomic E-state index is 11.6. The molecule has 4 nitrogen and oxygen atoms in total. The van der Waals surface area contributed by atoms with Crippen LogP contribution >= 0.6 is 0 Å². The van der Waals surface area contributed by atoms with Gasteiger partial charge in [-0.3, -0.25) is 4.79 Å². The molecule has 0 saturated carbocycles. The van der Waals surface area contributed by atoms with Gasteiger partial charge in [0.15, 0.2) is 6.29 Å². The molecule has 0 aromatic carbocycles. The summed E-state index contributed by atoms with van der Waals surface area (Å²) < 4.78 is 10.4. The molecule has 1 fully saturated rings. The molecule has 1 aliphatic rings. The largest absolute Gasteiger partial charge is 0.465 e. The minimum Gasteiger partial charge on any atom is -0.465 e. The molecule has 4 heteroatoms. The van der Waals surface area contributed by atoms with Gasteiger partial charge < -0.3 is 14.6 Å². The average molecular weight is 256 g/mol. The molecule has 18 heavy (non-hydrogen) atoms. The van der Waals surface area contributed by atoms with E-state index < -0.39 is 11.7 Å². The highest BCUT2D eigenvalue weighted by Gasteiger charge is 2.29. The summed E-state index contributed by atoms with van der Waals surface area (Å²) in [5.74, 6) is 0.297. The summed E-state index contributed by atoms with van der Waals surface area (Å²) in [4.78, 5) is 11.6. The minimum absolute atomic E-state index is 0.190. The van der Waals surface area contributed by atoms with Gasteiger partial charge in [0, 0.05) is 12.3 Å². The third-order valence-electron chi connectivity index (χ3n) is 3.23. The Balaban J connectivity index is 2.37. The molecule has 0 radical (unpaired) electrons. The van der Waals surface area contributed by atoms with Gasteiger partial charge in [0.05, 0.1) is 18.6 Å². The van der Waals surface area contributed by atoms with Crippen LogP contribution in [0.3, 0.4) is 0 Å². The van der Waals surface area contributed by atoms with E-state index in [9.17, 15) is 9.90 Å². The van der Waals surface area contributed by atoms with Crippen LogP contribution in [0.1, 0.15) is 33.6 Å². The molecule has 0 amide bonds. The predicted octanol–water partition coefficient (Wildman–Crippen LogP) is 2.12. The lowest BCUT2D eigenvalue weighted by atomic mass is 9.85. The first-order valence-electron chi connectivity index (χ1n) is 6.44. The van der Waals surface area contributed by atoms with Crippen molar-refractivity contribution in [3.63, 3.8) is 0 Å². The second-order valence-electron chi connectivity index (χ2n) is 5.86. The number of hydrogen-bond donors (Lipinski definition) is 1. The number of carbonyl (C=O) groups excluding carboxylic acids is 1. The van der Waals surface area contributed by atoms with Crippen LogP contribution in [0, 0.1) is 17.3 Å². The van der Waals surface area contributed by atoms with Gasteiger partial charge in [-0.05, 0) is 33.1 Å². The van der Waals surface area contributed by atoms with Crippen LogP contribution in [-0.4, -0.2) is 30.6 Å². The maximum Gasteiger partial charge on any atom is 0.311 e. The lowest BCUT2D eigenvalue weighted by molar-refractivity contribution is -0.160. The standard InChI is InChI=1S/C14H24O4/c1-5-10-9-18-12(15)8-11(10)6-7-17-13(16)14(2,3)4/h5,10-12,15H,1,6-9H2,2-4H3/t10-,11+,12?/m1/s1. The van der Waals surface area contributed by atoms with E-state index in [0.29, 0.717) is 19.6 Å². The average Bonchev–Trinajstić information content (AvgIpc) is 2.28. The minimum atomic E-state index is -0.704. The lowest BCUT2D eigenvalue weighted by Crippen LogP contribution is -2.33. The number of rotatable bonds is 4. The first kappa shape index (κ1) is 15.2. The molecule has 104 valence electrons. The number of carbonyl (C=O) groups is 1. The van der Waals surface area contributed by atoms with E-state index in [1.165, 1.54) is 0 Å².